The van der Waals surface area contributed by atoms with Crippen molar-refractivity contribution in [1.82, 2.24) is 14.7 Å². The van der Waals surface area contributed by atoms with Gasteiger partial charge in [0.15, 0.2) is 0 Å². The minimum atomic E-state index is -0.667. The van der Waals surface area contributed by atoms with Crippen molar-refractivity contribution in [3.8, 4) is 0 Å². The standard InChI is InChI=1S/C23H31N3O3S/c1-16(2)14-20(26-21(27)18-7-3-4-8-19(18)22(26)28)23(29)25-11-9-24(10-12-25)15-17-6-5-13-30-17/h3-6,13,16,18-20H,7-12,14-15H2,1-2H3. The van der Waals surface area contributed by atoms with Crippen LogP contribution in [0.5, 0.6) is 0 Å². The lowest BCUT2D eigenvalue weighted by atomic mass is 9.85. The molecule has 2 saturated heterocycles. The Hall–Kier alpha value is -1.99. The molecular formula is C23H31N3O3S. The van der Waals surface area contributed by atoms with Gasteiger partial charge in [-0.05, 0) is 36.6 Å². The fourth-order valence-corrected chi connectivity index (χ4v) is 5.60. The van der Waals surface area contributed by atoms with Gasteiger partial charge in [-0.1, -0.05) is 32.1 Å². The fourth-order valence-electron chi connectivity index (χ4n) is 4.86. The number of nitrogens with zero attached hydrogens (tertiary/aromatic N) is 3. The smallest absolute Gasteiger partial charge is 0.245 e. The number of hydrogen-bond donors (Lipinski definition) is 0. The van der Waals surface area contributed by atoms with E-state index in [2.05, 4.69) is 22.4 Å². The predicted octanol–water partition coefficient (Wildman–Crippen LogP) is 2.76. The van der Waals surface area contributed by atoms with Gasteiger partial charge < -0.3 is 4.90 Å². The third kappa shape index (κ3) is 4.23. The number of imide groups is 1. The van der Waals surface area contributed by atoms with Gasteiger partial charge >= 0.3 is 0 Å². The molecule has 7 heteroatoms. The molecule has 4 rings (SSSR count). The first-order chi connectivity index (χ1) is 14.5. The minimum Gasteiger partial charge on any atom is -0.338 e. The Kier molecular flexibility index (Phi) is 6.39. The SMILES string of the molecule is CC(C)CC(C(=O)N1CCN(Cc2cccs2)CC1)N1C(=O)C2CC=CCC2C1=O. The number of thiophene rings is 1. The van der Waals surface area contributed by atoms with Gasteiger partial charge in [0.2, 0.25) is 17.7 Å². The first kappa shape index (κ1) is 21.2. The lowest BCUT2D eigenvalue weighted by Crippen LogP contribution is -2.56. The van der Waals surface area contributed by atoms with Crippen LogP contribution in [0, 0.1) is 17.8 Å². The lowest BCUT2D eigenvalue weighted by Gasteiger charge is -2.38. The Morgan fingerprint density at radius 1 is 1.07 bits per heavy atom. The second-order valence-corrected chi connectivity index (χ2v) is 10.1. The summed E-state index contributed by atoms with van der Waals surface area (Å²) in [5.41, 5.74) is 0. The molecule has 2 fully saturated rings. The minimum absolute atomic E-state index is 0.0622. The molecule has 1 aromatic rings. The number of carbonyl (C=O) groups is 3. The number of rotatable bonds is 6. The van der Waals surface area contributed by atoms with Crippen LogP contribution in [0.2, 0.25) is 0 Å². The summed E-state index contributed by atoms with van der Waals surface area (Å²) in [4.78, 5) is 46.5. The largest absolute Gasteiger partial charge is 0.338 e. The number of fused-ring (bicyclic) bond motifs is 1. The second-order valence-electron chi connectivity index (χ2n) is 9.03. The van der Waals surface area contributed by atoms with Crippen molar-refractivity contribution in [3.05, 3.63) is 34.5 Å². The summed E-state index contributed by atoms with van der Waals surface area (Å²) in [6.45, 7) is 7.91. The molecule has 3 amide bonds. The maximum atomic E-state index is 13.5. The average molecular weight is 430 g/mol. The van der Waals surface area contributed by atoms with Crippen molar-refractivity contribution in [2.75, 3.05) is 26.2 Å². The first-order valence-corrected chi connectivity index (χ1v) is 11.9. The highest BCUT2D eigenvalue weighted by molar-refractivity contribution is 7.09. The molecule has 0 bridgehead atoms. The van der Waals surface area contributed by atoms with Crippen LogP contribution in [0.3, 0.4) is 0 Å². The Labute approximate surface area is 182 Å². The summed E-state index contributed by atoms with van der Waals surface area (Å²) in [5.74, 6) is -0.706. The van der Waals surface area contributed by atoms with E-state index in [1.807, 2.05) is 30.9 Å². The van der Waals surface area contributed by atoms with Crippen LogP contribution in [0.25, 0.3) is 0 Å². The molecule has 0 radical (unpaired) electrons. The molecule has 3 aliphatic rings. The maximum Gasteiger partial charge on any atom is 0.245 e. The second kappa shape index (κ2) is 9.02. The fraction of sp³-hybridized carbons (Fsp3) is 0.609. The molecule has 3 unspecified atom stereocenters. The number of allylic oxidation sites excluding steroid dienone is 2. The van der Waals surface area contributed by atoms with Crippen LogP contribution in [-0.2, 0) is 20.9 Å². The monoisotopic (exact) mass is 429 g/mol. The van der Waals surface area contributed by atoms with E-state index >= 15 is 0 Å². The zero-order valence-corrected chi connectivity index (χ0v) is 18.6. The maximum absolute atomic E-state index is 13.5. The summed E-state index contributed by atoms with van der Waals surface area (Å²) in [6.07, 6.45) is 5.72. The van der Waals surface area contributed by atoms with E-state index in [1.165, 1.54) is 9.78 Å². The number of carbonyl (C=O) groups excluding carboxylic acids is 3. The van der Waals surface area contributed by atoms with E-state index in [9.17, 15) is 14.4 Å². The van der Waals surface area contributed by atoms with E-state index in [4.69, 9.17) is 0 Å². The lowest BCUT2D eigenvalue weighted by molar-refractivity contribution is -0.153. The topological polar surface area (TPSA) is 60.9 Å². The van der Waals surface area contributed by atoms with Crippen molar-refractivity contribution < 1.29 is 14.4 Å². The predicted molar refractivity (Wildman–Crippen MR) is 117 cm³/mol. The van der Waals surface area contributed by atoms with Gasteiger partial charge in [-0.25, -0.2) is 0 Å². The zero-order valence-electron chi connectivity index (χ0n) is 17.8. The van der Waals surface area contributed by atoms with Crippen LogP contribution in [0.15, 0.2) is 29.7 Å². The van der Waals surface area contributed by atoms with E-state index in [0.717, 1.165) is 19.6 Å². The van der Waals surface area contributed by atoms with Crippen LogP contribution in [-0.4, -0.2) is 64.6 Å². The Bertz CT molecular complexity index is 786. The molecule has 0 N–H and O–H groups in total. The molecule has 3 atom stereocenters. The highest BCUT2D eigenvalue weighted by Gasteiger charge is 2.51. The van der Waals surface area contributed by atoms with Crippen molar-refractivity contribution in [3.63, 3.8) is 0 Å². The van der Waals surface area contributed by atoms with Gasteiger partial charge in [-0.2, -0.15) is 0 Å². The van der Waals surface area contributed by atoms with E-state index in [-0.39, 0.29) is 35.5 Å². The first-order valence-electron chi connectivity index (χ1n) is 11.0. The van der Waals surface area contributed by atoms with Crippen LogP contribution >= 0.6 is 11.3 Å². The molecule has 6 nitrogen and oxygen atoms in total. The molecule has 1 aliphatic carbocycles. The molecule has 3 heterocycles. The van der Waals surface area contributed by atoms with E-state index in [0.29, 0.717) is 32.4 Å². The third-order valence-electron chi connectivity index (χ3n) is 6.48. The quantitative estimate of drug-likeness (QED) is 0.515. The molecule has 1 aromatic heterocycles. The van der Waals surface area contributed by atoms with Gasteiger partial charge in [-0.3, -0.25) is 24.2 Å². The van der Waals surface area contributed by atoms with Crippen LogP contribution in [0.4, 0.5) is 0 Å². The molecule has 2 aliphatic heterocycles. The van der Waals surface area contributed by atoms with Crippen molar-refractivity contribution >= 4 is 29.1 Å². The van der Waals surface area contributed by atoms with Gasteiger partial charge in [0.25, 0.3) is 0 Å². The normalized spacial score (nSPS) is 25.8. The summed E-state index contributed by atoms with van der Waals surface area (Å²) in [6, 6.07) is 3.53. The molecule has 162 valence electrons. The number of piperazine rings is 1. The molecule has 0 saturated carbocycles. The van der Waals surface area contributed by atoms with Gasteiger partial charge in [0, 0.05) is 37.6 Å². The number of amides is 3. The van der Waals surface area contributed by atoms with Gasteiger partial charge in [0.1, 0.15) is 6.04 Å². The summed E-state index contributed by atoms with van der Waals surface area (Å²) in [7, 11) is 0. The molecule has 0 spiro atoms. The Balaban J connectivity index is 1.44. The van der Waals surface area contributed by atoms with Gasteiger partial charge in [0.05, 0.1) is 11.8 Å². The highest BCUT2D eigenvalue weighted by Crippen LogP contribution is 2.37. The van der Waals surface area contributed by atoms with E-state index < -0.39 is 6.04 Å². The zero-order chi connectivity index (χ0) is 21.3. The van der Waals surface area contributed by atoms with Gasteiger partial charge in [-0.15, -0.1) is 11.3 Å². The van der Waals surface area contributed by atoms with Crippen LogP contribution < -0.4 is 0 Å². The average Bonchev–Trinajstić information content (AvgIpc) is 3.33. The van der Waals surface area contributed by atoms with E-state index in [1.54, 1.807) is 11.3 Å². The van der Waals surface area contributed by atoms with Crippen molar-refractivity contribution in [2.45, 2.75) is 45.7 Å². The van der Waals surface area contributed by atoms with Crippen molar-refractivity contribution in [1.29, 1.82) is 0 Å². The third-order valence-corrected chi connectivity index (χ3v) is 7.34. The number of likely N-dealkylation sites (tertiary alicyclic amines) is 1. The van der Waals surface area contributed by atoms with Crippen LogP contribution in [0.1, 0.15) is 38.0 Å². The number of hydrogen-bond acceptors (Lipinski definition) is 5. The molecular weight excluding hydrogens is 398 g/mol. The summed E-state index contributed by atoms with van der Waals surface area (Å²) >= 11 is 1.75. The summed E-state index contributed by atoms with van der Waals surface area (Å²) < 4.78 is 0. The Morgan fingerprint density at radius 3 is 2.23 bits per heavy atom. The van der Waals surface area contributed by atoms with Crippen molar-refractivity contribution in [2.24, 2.45) is 17.8 Å². The summed E-state index contributed by atoms with van der Waals surface area (Å²) in [5, 5.41) is 2.09. The Morgan fingerprint density at radius 2 is 1.70 bits per heavy atom. The molecule has 0 aromatic carbocycles. The molecule has 30 heavy (non-hydrogen) atoms. The highest BCUT2D eigenvalue weighted by atomic mass is 32.1.